The van der Waals surface area contributed by atoms with Crippen LogP contribution in [0.4, 0.5) is 5.69 Å². The topological polar surface area (TPSA) is 97.3 Å². The summed E-state index contributed by atoms with van der Waals surface area (Å²) in [6.07, 6.45) is 1.42. The predicted octanol–water partition coefficient (Wildman–Crippen LogP) is 7.81. The van der Waals surface area contributed by atoms with E-state index < -0.39 is 22.5 Å². The molecular formula is C32H30BrCl2N3O5S. The van der Waals surface area contributed by atoms with Crippen molar-refractivity contribution in [1.82, 2.24) is 5.43 Å². The fourth-order valence-electron chi connectivity index (χ4n) is 4.14. The van der Waals surface area contributed by atoms with Gasteiger partial charge in [-0.2, -0.15) is 5.10 Å². The summed E-state index contributed by atoms with van der Waals surface area (Å²) >= 11 is 15.6. The van der Waals surface area contributed by atoms with Gasteiger partial charge in [-0.15, -0.1) is 0 Å². The quantitative estimate of drug-likeness (QED) is 0.119. The largest absolute Gasteiger partial charge is 0.493 e. The summed E-state index contributed by atoms with van der Waals surface area (Å²) in [6.45, 7) is 3.83. The number of anilines is 1. The SMILES string of the molecule is COc1cc(/C=N\NC(=O)CN(c2ccc(C(C)C)cc2)S(=O)(=O)c2ccccc2)cc(Br)c1OCc1ccc(Cl)c(Cl)c1. The highest BCUT2D eigenvalue weighted by Gasteiger charge is 2.27. The molecule has 4 aromatic carbocycles. The molecule has 0 heterocycles. The number of halogens is 3. The molecule has 0 radical (unpaired) electrons. The number of methoxy groups -OCH3 is 1. The molecule has 0 aliphatic carbocycles. The minimum Gasteiger partial charge on any atom is -0.493 e. The number of nitrogens with one attached hydrogen (secondary N) is 1. The van der Waals surface area contributed by atoms with E-state index in [1.54, 1.807) is 54.6 Å². The Labute approximate surface area is 275 Å². The summed E-state index contributed by atoms with van der Waals surface area (Å²) in [4.78, 5) is 13.0. The third-order valence-electron chi connectivity index (χ3n) is 6.49. The maximum absolute atomic E-state index is 13.6. The average molecular weight is 719 g/mol. The van der Waals surface area contributed by atoms with Gasteiger partial charge in [-0.25, -0.2) is 13.8 Å². The number of carbonyl (C=O) groups is 1. The second kappa shape index (κ2) is 14.9. The summed E-state index contributed by atoms with van der Waals surface area (Å²) in [5.74, 6) is 0.534. The van der Waals surface area contributed by atoms with Crippen LogP contribution >= 0.6 is 39.1 Å². The van der Waals surface area contributed by atoms with Gasteiger partial charge in [0.15, 0.2) is 11.5 Å². The number of ether oxygens (including phenoxy) is 2. The lowest BCUT2D eigenvalue weighted by Gasteiger charge is -2.24. The van der Waals surface area contributed by atoms with Crippen LogP contribution in [0.2, 0.25) is 10.0 Å². The van der Waals surface area contributed by atoms with E-state index in [9.17, 15) is 13.2 Å². The molecule has 0 aromatic heterocycles. The molecule has 0 aliphatic heterocycles. The molecule has 1 amide bonds. The molecule has 230 valence electrons. The number of amides is 1. The first-order valence-electron chi connectivity index (χ1n) is 13.4. The number of sulfonamides is 1. The van der Waals surface area contributed by atoms with Gasteiger partial charge in [0.05, 0.1) is 38.4 Å². The maximum atomic E-state index is 13.6. The van der Waals surface area contributed by atoms with Crippen LogP contribution in [0.15, 0.2) is 99.4 Å². The Morgan fingerprint density at radius 1 is 1.00 bits per heavy atom. The lowest BCUT2D eigenvalue weighted by Crippen LogP contribution is -2.39. The Bertz CT molecular complexity index is 1750. The second-order valence-electron chi connectivity index (χ2n) is 9.94. The van der Waals surface area contributed by atoms with Gasteiger partial charge in [0.25, 0.3) is 15.9 Å². The van der Waals surface area contributed by atoms with Gasteiger partial charge in [0, 0.05) is 0 Å². The van der Waals surface area contributed by atoms with Crippen LogP contribution < -0.4 is 19.2 Å². The first kappa shape index (κ1) is 33.3. The molecule has 0 aliphatic rings. The first-order valence-corrected chi connectivity index (χ1v) is 16.4. The third-order valence-corrected chi connectivity index (χ3v) is 9.60. The van der Waals surface area contributed by atoms with Crippen molar-refractivity contribution < 1.29 is 22.7 Å². The zero-order chi connectivity index (χ0) is 31.9. The second-order valence-corrected chi connectivity index (χ2v) is 13.5. The molecule has 0 spiro atoms. The summed E-state index contributed by atoms with van der Waals surface area (Å²) < 4.78 is 40.2. The maximum Gasteiger partial charge on any atom is 0.264 e. The summed E-state index contributed by atoms with van der Waals surface area (Å²) in [5.41, 5.74) is 5.25. The fraction of sp³-hybridized carbons (Fsp3) is 0.188. The van der Waals surface area contributed by atoms with E-state index in [1.807, 2.05) is 32.0 Å². The van der Waals surface area contributed by atoms with Crippen molar-refractivity contribution in [3.8, 4) is 11.5 Å². The Kier molecular flexibility index (Phi) is 11.3. The number of hydrazone groups is 1. The molecule has 44 heavy (non-hydrogen) atoms. The smallest absolute Gasteiger partial charge is 0.264 e. The van der Waals surface area contributed by atoms with Crippen molar-refractivity contribution in [3.05, 3.63) is 116 Å². The predicted molar refractivity (Wildman–Crippen MR) is 179 cm³/mol. The van der Waals surface area contributed by atoms with Crippen molar-refractivity contribution >= 4 is 67.0 Å². The molecule has 4 aromatic rings. The van der Waals surface area contributed by atoms with E-state index >= 15 is 0 Å². The number of carbonyl (C=O) groups excluding carboxylic acids is 1. The molecule has 4 rings (SSSR count). The van der Waals surface area contributed by atoms with E-state index in [0.717, 1.165) is 15.4 Å². The standard InChI is InChI=1S/C32H30BrCl2N3O5S/c1-21(2)24-10-12-25(13-11-24)38(44(40,41)26-7-5-4-6-8-26)19-31(39)37-36-18-23-15-27(33)32(30(17-23)42-3)43-20-22-9-14-28(34)29(35)16-22/h4-18,21H,19-20H2,1-3H3,(H,37,39)/b36-18-. The van der Waals surface area contributed by atoms with Crippen LogP contribution in [-0.4, -0.2) is 34.2 Å². The van der Waals surface area contributed by atoms with Crippen LogP contribution in [0, 0.1) is 0 Å². The van der Waals surface area contributed by atoms with Crippen molar-refractivity contribution in [2.75, 3.05) is 18.0 Å². The van der Waals surface area contributed by atoms with Crippen LogP contribution in [0.1, 0.15) is 36.5 Å². The Balaban J connectivity index is 1.49. The molecule has 12 heteroatoms. The van der Waals surface area contributed by atoms with Crippen molar-refractivity contribution in [2.24, 2.45) is 5.10 Å². The van der Waals surface area contributed by atoms with Crippen molar-refractivity contribution in [2.45, 2.75) is 31.3 Å². The van der Waals surface area contributed by atoms with Gasteiger partial charge in [-0.1, -0.05) is 73.4 Å². The highest BCUT2D eigenvalue weighted by atomic mass is 79.9. The Morgan fingerprint density at radius 3 is 2.34 bits per heavy atom. The van der Waals surface area contributed by atoms with E-state index in [4.69, 9.17) is 32.7 Å². The van der Waals surface area contributed by atoms with Gasteiger partial charge in [0.2, 0.25) is 0 Å². The Hall–Kier alpha value is -3.57. The van der Waals surface area contributed by atoms with E-state index in [2.05, 4.69) is 26.5 Å². The molecular weight excluding hydrogens is 689 g/mol. The van der Waals surface area contributed by atoms with Crippen molar-refractivity contribution in [3.63, 3.8) is 0 Å². The molecule has 0 saturated heterocycles. The van der Waals surface area contributed by atoms with Gasteiger partial charge >= 0.3 is 0 Å². The highest BCUT2D eigenvalue weighted by Crippen LogP contribution is 2.37. The van der Waals surface area contributed by atoms with Gasteiger partial charge in [-0.3, -0.25) is 9.10 Å². The minimum atomic E-state index is -4.04. The molecule has 0 unspecified atom stereocenters. The third kappa shape index (κ3) is 8.32. The molecule has 1 N–H and O–H groups in total. The van der Waals surface area contributed by atoms with Crippen LogP contribution in [0.3, 0.4) is 0 Å². The molecule has 0 atom stereocenters. The highest BCUT2D eigenvalue weighted by molar-refractivity contribution is 9.10. The number of benzene rings is 4. The van der Waals surface area contributed by atoms with E-state index in [-0.39, 0.29) is 17.4 Å². The minimum absolute atomic E-state index is 0.0719. The molecule has 8 nitrogen and oxygen atoms in total. The van der Waals surface area contributed by atoms with Gasteiger partial charge < -0.3 is 9.47 Å². The van der Waals surface area contributed by atoms with Crippen molar-refractivity contribution in [1.29, 1.82) is 0 Å². The van der Waals surface area contributed by atoms with Crippen LogP contribution in [0.5, 0.6) is 11.5 Å². The summed E-state index contributed by atoms with van der Waals surface area (Å²) in [5, 5.41) is 4.93. The Morgan fingerprint density at radius 2 is 1.70 bits per heavy atom. The molecule has 0 fully saturated rings. The lowest BCUT2D eigenvalue weighted by atomic mass is 10.0. The van der Waals surface area contributed by atoms with Crippen LogP contribution in [0.25, 0.3) is 0 Å². The summed E-state index contributed by atoms with van der Waals surface area (Å²) in [7, 11) is -2.53. The summed E-state index contributed by atoms with van der Waals surface area (Å²) in [6, 6.07) is 23.7. The lowest BCUT2D eigenvalue weighted by molar-refractivity contribution is -0.119. The monoisotopic (exact) mass is 717 g/mol. The number of nitrogens with zero attached hydrogens (tertiary/aromatic N) is 2. The number of hydrogen-bond donors (Lipinski definition) is 1. The normalized spacial score (nSPS) is 11.5. The average Bonchev–Trinajstić information content (AvgIpc) is 3.01. The first-order chi connectivity index (χ1) is 21.0. The van der Waals surface area contributed by atoms with E-state index in [1.165, 1.54) is 25.5 Å². The fourth-order valence-corrected chi connectivity index (χ4v) is 6.48. The van der Waals surface area contributed by atoms with Crippen LogP contribution in [-0.2, 0) is 21.4 Å². The zero-order valence-corrected chi connectivity index (χ0v) is 28.0. The molecule has 0 saturated carbocycles. The zero-order valence-electron chi connectivity index (χ0n) is 24.1. The van der Waals surface area contributed by atoms with Gasteiger partial charge in [0.1, 0.15) is 13.2 Å². The number of rotatable bonds is 12. The molecule has 0 bridgehead atoms. The van der Waals surface area contributed by atoms with E-state index in [0.29, 0.717) is 37.3 Å². The number of hydrogen-bond acceptors (Lipinski definition) is 6. The van der Waals surface area contributed by atoms with Gasteiger partial charge in [-0.05, 0) is 87.1 Å².